The summed E-state index contributed by atoms with van der Waals surface area (Å²) in [5, 5.41) is 0. The molecule has 2 heterocycles. The summed E-state index contributed by atoms with van der Waals surface area (Å²) in [5.74, 6) is -1.07. The lowest BCUT2D eigenvalue weighted by atomic mass is 9.88. The number of halogens is 2. The lowest BCUT2D eigenvalue weighted by molar-refractivity contribution is -0.141. The highest BCUT2D eigenvalue weighted by Crippen LogP contribution is 2.28. The third kappa shape index (κ3) is 2.53. The second-order valence-corrected chi connectivity index (χ2v) is 5.73. The van der Waals surface area contributed by atoms with E-state index in [2.05, 4.69) is 0 Å². The summed E-state index contributed by atoms with van der Waals surface area (Å²) in [6, 6.07) is 2.24. The van der Waals surface area contributed by atoms with Gasteiger partial charge in [-0.05, 0) is 37.0 Å². The van der Waals surface area contributed by atoms with Crippen molar-refractivity contribution in [3.8, 4) is 0 Å². The van der Waals surface area contributed by atoms with Crippen molar-refractivity contribution < 1.29 is 18.3 Å². The van der Waals surface area contributed by atoms with Crippen LogP contribution in [-0.4, -0.2) is 36.1 Å². The molecule has 0 unspecified atom stereocenters. The van der Waals surface area contributed by atoms with Crippen LogP contribution in [0.15, 0.2) is 12.1 Å². The summed E-state index contributed by atoms with van der Waals surface area (Å²) >= 11 is 0. The molecule has 1 saturated heterocycles. The van der Waals surface area contributed by atoms with Gasteiger partial charge in [-0.15, -0.1) is 0 Å². The minimum absolute atomic E-state index is 0.0809. The number of hydrogen-bond donors (Lipinski definition) is 1. The van der Waals surface area contributed by atoms with Crippen LogP contribution in [-0.2, 0) is 22.5 Å². The van der Waals surface area contributed by atoms with Crippen LogP contribution in [0.2, 0.25) is 0 Å². The molecule has 114 valence electrons. The smallest absolute Gasteiger partial charge is 0.243 e. The summed E-state index contributed by atoms with van der Waals surface area (Å²) in [6.45, 7) is 1.36. The van der Waals surface area contributed by atoms with Crippen molar-refractivity contribution in [2.45, 2.75) is 31.3 Å². The van der Waals surface area contributed by atoms with E-state index < -0.39 is 17.2 Å². The molecule has 1 aromatic carbocycles. The predicted octanol–water partition coefficient (Wildman–Crippen LogP) is 1.36. The van der Waals surface area contributed by atoms with Crippen molar-refractivity contribution in [2.75, 3.05) is 19.8 Å². The number of amides is 1. The van der Waals surface area contributed by atoms with E-state index in [0.29, 0.717) is 44.6 Å². The molecule has 1 amide bonds. The number of benzene rings is 1. The molecule has 3 rings (SSSR count). The van der Waals surface area contributed by atoms with Crippen LogP contribution in [0.4, 0.5) is 8.78 Å². The summed E-state index contributed by atoms with van der Waals surface area (Å²) < 4.78 is 32.8. The first kappa shape index (κ1) is 14.4. The number of ether oxygens (including phenoxy) is 1. The topological polar surface area (TPSA) is 55.6 Å². The summed E-state index contributed by atoms with van der Waals surface area (Å²) in [4.78, 5) is 14.1. The first-order chi connectivity index (χ1) is 10.0. The van der Waals surface area contributed by atoms with Crippen LogP contribution in [0.3, 0.4) is 0 Å². The van der Waals surface area contributed by atoms with Crippen molar-refractivity contribution in [1.82, 2.24) is 4.90 Å². The summed E-state index contributed by atoms with van der Waals surface area (Å²) in [7, 11) is 0. The van der Waals surface area contributed by atoms with Gasteiger partial charge in [0.25, 0.3) is 0 Å². The van der Waals surface area contributed by atoms with Gasteiger partial charge in [0.2, 0.25) is 5.91 Å². The van der Waals surface area contributed by atoms with E-state index in [1.54, 1.807) is 0 Å². The molecule has 6 heteroatoms. The maximum Gasteiger partial charge on any atom is 0.243 e. The van der Waals surface area contributed by atoms with E-state index in [1.165, 1.54) is 4.90 Å². The second kappa shape index (κ2) is 5.35. The Morgan fingerprint density at radius 1 is 1.19 bits per heavy atom. The van der Waals surface area contributed by atoms with Gasteiger partial charge in [-0.25, -0.2) is 8.78 Å². The first-order valence-electron chi connectivity index (χ1n) is 7.13. The Balaban J connectivity index is 1.83. The number of hydrogen-bond acceptors (Lipinski definition) is 3. The molecule has 0 atom stereocenters. The van der Waals surface area contributed by atoms with Crippen LogP contribution < -0.4 is 5.73 Å². The number of nitrogens with two attached hydrogens (primary N) is 1. The normalized spacial score (nSPS) is 21.0. The fourth-order valence-electron chi connectivity index (χ4n) is 3.03. The highest BCUT2D eigenvalue weighted by atomic mass is 19.1. The van der Waals surface area contributed by atoms with Crippen molar-refractivity contribution in [1.29, 1.82) is 0 Å². The Labute approximate surface area is 121 Å². The zero-order valence-corrected chi connectivity index (χ0v) is 11.7. The number of rotatable bonds is 1. The average Bonchev–Trinajstić information content (AvgIpc) is 2.51. The van der Waals surface area contributed by atoms with Crippen LogP contribution in [0.5, 0.6) is 0 Å². The number of carbonyl (C=O) groups is 1. The van der Waals surface area contributed by atoms with Crippen LogP contribution in [0, 0.1) is 11.6 Å². The van der Waals surface area contributed by atoms with Gasteiger partial charge in [0.1, 0.15) is 11.6 Å². The monoisotopic (exact) mass is 296 g/mol. The van der Waals surface area contributed by atoms with Gasteiger partial charge in [-0.3, -0.25) is 4.79 Å². The lowest BCUT2D eigenvalue weighted by Gasteiger charge is -2.38. The van der Waals surface area contributed by atoms with Gasteiger partial charge in [0.15, 0.2) is 0 Å². The third-order valence-electron chi connectivity index (χ3n) is 4.40. The minimum atomic E-state index is -0.945. The zero-order chi connectivity index (χ0) is 15.0. The number of carbonyl (C=O) groups excluding carboxylic acids is 1. The second-order valence-electron chi connectivity index (χ2n) is 5.73. The number of fused-ring (bicyclic) bond motifs is 1. The molecule has 2 N–H and O–H groups in total. The van der Waals surface area contributed by atoms with E-state index in [1.807, 2.05) is 0 Å². The number of nitrogens with zero attached hydrogens (tertiary/aromatic N) is 1. The van der Waals surface area contributed by atoms with Gasteiger partial charge < -0.3 is 15.4 Å². The van der Waals surface area contributed by atoms with Crippen LogP contribution >= 0.6 is 0 Å². The van der Waals surface area contributed by atoms with Gasteiger partial charge in [0.05, 0.1) is 5.54 Å². The molecule has 1 aromatic rings. The molecule has 0 aliphatic carbocycles. The molecule has 0 bridgehead atoms. The van der Waals surface area contributed by atoms with Gasteiger partial charge >= 0.3 is 0 Å². The van der Waals surface area contributed by atoms with E-state index in [9.17, 15) is 13.6 Å². The Morgan fingerprint density at radius 2 is 1.81 bits per heavy atom. The van der Waals surface area contributed by atoms with E-state index in [0.717, 1.165) is 12.1 Å². The standard InChI is InChI=1S/C15H18F2N2O2/c16-12-1-2-13(17)11-9-19(6-3-10(11)12)14(20)15(18)4-7-21-8-5-15/h1-2H,3-9,18H2. The molecule has 1 fully saturated rings. The van der Waals surface area contributed by atoms with Crippen molar-refractivity contribution in [3.63, 3.8) is 0 Å². The highest BCUT2D eigenvalue weighted by molar-refractivity contribution is 5.86. The molecule has 2 aliphatic rings. The Kier molecular flexibility index (Phi) is 3.67. The van der Waals surface area contributed by atoms with Crippen LogP contribution in [0.25, 0.3) is 0 Å². The average molecular weight is 296 g/mol. The van der Waals surface area contributed by atoms with Crippen molar-refractivity contribution >= 4 is 5.91 Å². The largest absolute Gasteiger partial charge is 0.381 e. The van der Waals surface area contributed by atoms with Gasteiger partial charge in [0, 0.05) is 31.9 Å². The Bertz CT molecular complexity index is 571. The van der Waals surface area contributed by atoms with E-state index in [-0.39, 0.29) is 18.0 Å². The van der Waals surface area contributed by atoms with E-state index in [4.69, 9.17) is 10.5 Å². The van der Waals surface area contributed by atoms with Crippen molar-refractivity contribution in [2.24, 2.45) is 5.73 Å². The van der Waals surface area contributed by atoms with Crippen LogP contribution in [0.1, 0.15) is 24.0 Å². The fourth-order valence-corrected chi connectivity index (χ4v) is 3.03. The highest BCUT2D eigenvalue weighted by Gasteiger charge is 2.40. The molecule has 21 heavy (non-hydrogen) atoms. The quantitative estimate of drug-likeness (QED) is 0.851. The minimum Gasteiger partial charge on any atom is -0.381 e. The molecule has 2 aliphatic heterocycles. The maximum atomic E-state index is 13.9. The fraction of sp³-hybridized carbons (Fsp3) is 0.533. The maximum absolute atomic E-state index is 13.9. The molecule has 4 nitrogen and oxygen atoms in total. The zero-order valence-electron chi connectivity index (χ0n) is 11.7. The van der Waals surface area contributed by atoms with Crippen molar-refractivity contribution in [3.05, 3.63) is 34.9 Å². The van der Waals surface area contributed by atoms with Gasteiger partial charge in [-0.2, -0.15) is 0 Å². The molecular formula is C15H18F2N2O2. The molecular weight excluding hydrogens is 278 g/mol. The molecule has 0 aromatic heterocycles. The first-order valence-corrected chi connectivity index (χ1v) is 7.13. The predicted molar refractivity (Wildman–Crippen MR) is 72.5 cm³/mol. The van der Waals surface area contributed by atoms with Gasteiger partial charge in [-0.1, -0.05) is 0 Å². The Hall–Kier alpha value is -1.53. The lowest BCUT2D eigenvalue weighted by Crippen LogP contribution is -2.58. The molecule has 0 saturated carbocycles. The summed E-state index contributed by atoms with van der Waals surface area (Å²) in [6.07, 6.45) is 1.24. The summed E-state index contributed by atoms with van der Waals surface area (Å²) in [5.41, 5.74) is 5.88. The SMILES string of the molecule is NC1(C(=O)N2CCc3c(F)ccc(F)c3C2)CCOCC1. The molecule has 0 spiro atoms. The Morgan fingerprint density at radius 3 is 2.48 bits per heavy atom. The molecule has 0 radical (unpaired) electrons. The third-order valence-corrected chi connectivity index (χ3v) is 4.40. The van der Waals surface area contributed by atoms with E-state index >= 15 is 0 Å².